The Labute approximate surface area is 170 Å². The van der Waals surface area contributed by atoms with Crippen LogP contribution in [0.1, 0.15) is 19.3 Å². The second-order valence-corrected chi connectivity index (χ2v) is 7.49. The first-order valence-corrected chi connectivity index (χ1v) is 9.79. The number of rotatable bonds is 6. The molecule has 0 radical (unpaired) electrons. The van der Waals surface area contributed by atoms with Crippen molar-refractivity contribution in [1.82, 2.24) is 19.9 Å². The fraction of sp³-hybridized carbons (Fsp3) is 0.450. The number of fused-ring (bicyclic) bond motifs is 1. The van der Waals surface area contributed by atoms with Crippen molar-refractivity contribution >= 4 is 22.6 Å². The van der Waals surface area contributed by atoms with Crippen LogP contribution in [0, 0.1) is 0 Å². The Kier molecular flexibility index (Phi) is 5.85. The highest BCUT2D eigenvalue weighted by Crippen LogP contribution is 2.26. The van der Waals surface area contributed by atoms with E-state index in [0.717, 1.165) is 29.1 Å². The Morgan fingerprint density at radius 2 is 2.03 bits per heavy atom. The highest BCUT2D eigenvalue weighted by atomic mass is 19.3. The summed E-state index contributed by atoms with van der Waals surface area (Å²) in [4.78, 5) is 16.8. The number of H-pyrrole nitrogens is 1. The van der Waals surface area contributed by atoms with E-state index in [4.69, 9.17) is 0 Å². The fourth-order valence-corrected chi connectivity index (χ4v) is 3.69. The van der Waals surface area contributed by atoms with Crippen molar-refractivity contribution in [2.24, 2.45) is 4.99 Å². The summed E-state index contributed by atoms with van der Waals surface area (Å²) in [6.07, 6.45) is 5.20. The number of hydrogen-bond acceptors (Lipinski definition) is 5. The van der Waals surface area contributed by atoms with Crippen molar-refractivity contribution < 1.29 is 17.6 Å². The molecule has 0 unspecified atom stereocenters. The number of anilines is 1. The van der Waals surface area contributed by atoms with Gasteiger partial charge in [-0.05, 0) is 31.4 Å². The zero-order chi connectivity index (χ0) is 21.1. The van der Waals surface area contributed by atoms with E-state index in [1.54, 1.807) is 11.1 Å². The third-order valence-corrected chi connectivity index (χ3v) is 5.36. The number of nitrogens with one attached hydrogen (secondary N) is 2. The van der Waals surface area contributed by atoms with Gasteiger partial charge in [-0.3, -0.25) is 9.89 Å². The van der Waals surface area contributed by atoms with Crippen LogP contribution in [0.4, 0.5) is 23.4 Å². The third kappa shape index (κ3) is 4.53. The summed E-state index contributed by atoms with van der Waals surface area (Å²) in [6.45, 7) is 0.490. The third-order valence-electron chi connectivity index (χ3n) is 5.36. The molecule has 2 N–H and O–H groups in total. The summed E-state index contributed by atoms with van der Waals surface area (Å²) in [5.74, 6) is -2.49. The molecular weight excluding hydrogens is 400 g/mol. The normalized spacial score (nSPS) is 19.1. The molecule has 10 heteroatoms. The van der Waals surface area contributed by atoms with E-state index >= 15 is 0 Å². The summed E-state index contributed by atoms with van der Waals surface area (Å²) >= 11 is 0. The van der Waals surface area contributed by atoms with Crippen LogP contribution in [0.15, 0.2) is 47.5 Å². The molecular formula is C20H22F4N6. The number of nitrogens with zero attached hydrogens (tertiary/aromatic N) is 4. The van der Waals surface area contributed by atoms with Gasteiger partial charge >= 0.3 is 5.92 Å². The van der Waals surface area contributed by atoms with Crippen molar-refractivity contribution in [3.63, 3.8) is 0 Å². The zero-order valence-corrected chi connectivity index (χ0v) is 16.2. The number of allylic oxidation sites excluding steroid dienone is 3. The minimum absolute atomic E-state index is 0.0741. The fourth-order valence-electron chi connectivity index (χ4n) is 3.69. The highest BCUT2D eigenvalue weighted by molar-refractivity contribution is 6.01. The van der Waals surface area contributed by atoms with E-state index in [9.17, 15) is 17.6 Å². The van der Waals surface area contributed by atoms with Gasteiger partial charge in [-0.15, -0.1) is 0 Å². The molecule has 30 heavy (non-hydrogen) atoms. The van der Waals surface area contributed by atoms with Gasteiger partial charge in [0.15, 0.2) is 0 Å². The predicted molar refractivity (Wildman–Crippen MR) is 107 cm³/mol. The van der Waals surface area contributed by atoms with E-state index in [-0.39, 0.29) is 18.0 Å². The first-order chi connectivity index (χ1) is 14.4. The van der Waals surface area contributed by atoms with Gasteiger partial charge in [0.2, 0.25) is 0 Å². The number of piperidine rings is 1. The quantitative estimate of drug-likeness (QED) is 0.690. The van der Waals surface area contributed by atoms with Crippen LogP contribution in [0.2, 0.25) is 0 Å². The number of aliphatic imine (C=N–C) groups is 1. The number of halogens is 4. The maximum Gasteiger partial charge on any atom is 0.302 e. The van der Waals surface area contributed by atoms with Crippen LogP contribution < -0.4 is 5.32 Å². The molecule has 6 nitrogen and oxygen atoms in total. The van der Waals surface area contributed by atoms with Gasteiger partial charge < -0.3 is 10.3 Å². The summed E-state index contributed by atoms with van der Waals surface area (Å²) in [7, 11) is 0. The number of alkyl halides is 4. The molecule has 1 fully saturated rings. The van der Waals surface area contributed by atoms with Crippen molar-refractivity contribution in [1.29, 1.82) is 0 Å². The second-order valence-electron chi connectivity index (χ2n) is 7.49. The summed E-state index contributed by atoms with van der Waals surface area (Å²) < 4.78 is 55.0. The van der Waals surface area contributed by atoms with Crippen LogP contribution in [0.25, 0.3) is 11.0 Å². The first kappa shape index (κ1) is 20.5. The Bertz CT molecular complexity index is 973. The molecule has 160 valence electrons. The molecule has 1 saturated heterocycles. The van der Waals surface area contributed by atoms with Crippen LogP contribution >= 0.6 is 0 Å². The Morgan fingerprint density at radius 3 is 2.80 bits per heavy atom. The average molecular weight is 422 g/mol. The maximum absolute atomic E-state index is 14.7. The average Bonchev–Trinajstić information content (AvgIpc) is 3.05. The lowest BCUT2D eigenvalue weighted by Crippen LogP contribution is -2.47. The molecule has 4 rings (SSSR count). The summed E-state index contributed by atoms with van der Waals surface area (Å²) in [5, 5.41) is 4.27. The van der Waals surface area contributed by atoms with Gasteiger partial charge in [0.25, 0.3) is 6.43 Å². The molecule has 2 aromatic heterocycles. The van der Waals surface area contributed by atoms with Gasteiger partial charge in [0, 0.05) is 37.1 Å². The highest BCUT2D eigenvalue weighted by Gasteiger charge is 2.38. The monoisotopic (exact) mass is 422 g/mol. The van der Waals surface area contributed by atoms with E-state index in [1.807, 2.05) is 6.07 Å². The number of aromatic nitrogens is 3. The minimum atomic E-state index is -3.21. The van der Waals surface area contributed by atoms with Gasteiger partial charge in [-0.1, -0.05) is 6.08 Å². The summed E-state index contributed by atoms with van der Waals surface area (Å²) in [6, 6.07) is 2.01. The van der Waals surface area contributed by atoms with Crippen LogP contribution in [-0.4, -0.2) is 63.6 Å². The molecule has 2 aromatic rings. The Hall–Kier alpha value is -2.75. The molecule has 0 spiro atoms. The Balaban J connectivity index is 1.34. The smallest absolute Gasteiger partial charge is 0.302 e. The van der Waals surface area contributed by atoms with E-state index < -0.39 is 24.6 Å². The van der Waals surface area contributed by atoms with Gasteiger partial charge in [0.05, 0.1) is 11.9 Å². The maximum atomic E-state index is 14.7. The number of hydrogen-bond donors (Lipinski definition) is 2. The SMILES string of the molecule is FC(F)C1=CN=C(C(F)(F)CN2CCC(Nc3ncnc4[nH]ccc34)CC2)C=CC1. The van der Waals surface area contributed by atoms with Crippen molar-refractivity contribution in [2.75, 3.05) is 25.0 Å². The number of aromatic amines is 1. The van der Waals surface area contributed by atoms with Crippen molar-refractivity contribution in [3.05, 3.63) is 42.5 Å². The largest absolute Gasteiger partial charge is 0.367 e. The lowest BCUT2D eigenvalue weighted by atomic mass is 10.0. The molecule has 0 aliphatic carbocycles. The molecule has 0 saturated carbocycles. The zero-order valence-electron chi connectivity index (χ0n) is 16.2. The molecule has 0 aromatic carbocycles. The van der Waals surface area contributed by atoms with Crippen molar-refractivity contribution in [3.8, 4) is 0 Å². The molecule has 2 aliphatic rings. The second kappa shape index (κ2) is 8.55. The van der Waals surface area contributed by atoms with Gasteiger partial charge in [-0.2, -0.15) is 8.78 Å². The molecule has 0 amide bonds. The topological polar surface area (TPSA) is 69.2 Å². The number of likely N-dealkylation sites (tertiary alicyclic amines) is 1. The molecule has 4 heterocycles. The molecule has 0 bridgehead atoms. The van der Waals surface area contributed by atoms with Crippen LogP contribution in [0.5, 0.6) is 0 Å². The van der Waals surface area contributed by atoms with Gasteiger partial charge in [-0.25, -0.2) is 18.7 Å². The first-order valence-electron chi connectivity index (χ1n) is 9.79. The standard InChI is InChI=1S/C20H22F4N6/c21-17(22)13-2-1-3-16(26-10-13)20(23,24)11-30-8-5-14(6-9-30)29-19-15-4-7-25-18(15)27-12-28-19/h1,3-4,7,10,12,14,17H,2,5-6,8-9,11H2,(H2,25,27,28,29). The minimum Gasteiger partial charge on any atom is -0.367 e. The van der Waals surface area contributed by atoms with Crippen LogP contribution in [0.3, 0.4) is 0 Å². The van der Waals surface area contributed by atoms with E-state index in [1.165, 1.54) is 12.4 Å². The van der Waals surface area contributed by atoms with E-state index in [0.29, 0.717) is 25.9 Å². The summed E-state index contributed by atoms with van der Waals surface area (Å²) in [5.41, 5.74) is 0.00489. The Morgan fingerprint density at radius 1 is 1.23 bits per heavy atom. The molecule has 0 atom stereocenters. The molecule has 2 aliphatic heterocycles. The van der Waals surface area contributed by atoms with Crippen LogP contribution in [-0.2, 0) is 0 Å². The van der Waals surface area contributed by atoms with Gasteiger partial charge in [0.1, 0.15) is 23.5 Å². The lowest BCUT2D eigenvalue weighted by Gasteiger charge is -2.34. The lowest BCUT2D eigenvalue weighted by molar-refractivity contribution is 0.0261. The van der Waals surface area contributed by atoms with E-state index in [2.05, 4.69) is 25.3 Å². The van der Waals surface area contributed by atoms with Crippen molar-refractivity contribution in [2.45, 2.75) is 37.7 Å². The predicted octanol–water partition coefficient (Wildman–Crippen LogP) is 4.02.